The van der Waals surface area contributed by atoms with Gasteiger partial charge in [-0.05, 0) is 20.3 Å². The minimum Gasteiger partial charge on any atom is -0.325 e. The molecule has 9 heavy (non-hydrogen) atoms. The molecule has 0 aliphatic rings. The Kier molecular flexibility index (Phi) is 3.12. The fraction of sp³-hybridized carbons (Fsp3) is 1.00. The Morgan fingerprint density at radius 2 is 2.11 bits per heavy atom. The fourth-order valence-electron chi connectivity index (χ4n) is 0.716. The second kappa shape index (κ2) is 3.16. The first kappa shape index (κ1) is 8.89. The molecule has 0 aliphatic carbocycles. The van der Waals surface area contributed by atoms with Crippen molar-refractivity contribution < 1.29 is 4.39 Å². The van der Waals surface area contributed by atoms with E-state index in [-0.39, 0.29) is 6.04 Å². The fourth-order valence-corrected chi connectivity index (χ4v) is 0.716. The lowest BCUT2D eigenvalue weighted by Gasteiger charge is -2.23. The van der Waals surface area contributed by atoms with Crippen LogP contribution in [-0.2, 0) is 0 Å². The van der Waals surface area contributed by atoms with Crippen LogP contribution in [0, 0.1) is 0 Å². The van der Waals surface area contributed by atoms with E-state index in [9.17, 15) is 4.39 Å². The van der Waals surface area contributed by atoms with Gasteiger partial charge in [0.2, 0.25) is 0 Å². The van der Waals surface area contributed by atoms with Gasteiger partial charge in [-0.1, -0.05) is 13.3 Å². The number of nitrogens with two attached hydrogens (primary N) is 1. The molecule has 0 aromatic heterocycles. The molecule has 2 unspecified atom stereocenters. The van der Waals surface area contributed by atoms with Gasteiger partial charge in [0.1, 0.15) is 5.67 Å². The number of halogens is 1. The Labute approximate surface area is 56.4 Å². The third-order valence-corrected chi connectivity index (χ3v) is 1.69. The first-order chi connectivity index (χ1) is 4.00. The summed E-state index contributed by atoms with van der Waals surface area (Å²) in [6.45, 7) is 5.22. The van der Waals surface area contributed by atoms with Crippen LogP contribution in [0.5, 0.6) is 0 Å². The van der Waals surface area contributed by atoms with Crippen molar-refractivity contribution in [2.75, 3.05) is 0 Å². The van der Waals surface area contributed by atoms with Crippen LogP contribution in [0.1, 0.15) is 33.6 Å². The highest BCUT2D eigenvalue weighted by Gasteiger charge is 2.26. The topological polar surface area (TPSA) is 26.0 Å². The minimum absolute atomic E-state index is 0.350. The molecule has 0 saturated carbocycles. The number of alkyl halides is 1. The van der Waals surface area contributed by atoms with Crippen molar-refractivity contribution in [2.24, 2.45) is 5.73 Å². The Bertz CT molecular complexity index is 79.0. The van der Waals surface area contributed by atoms with E-state index in [4.69, 9.17) is 5.73 Å². The quantitative estimate of drug-likeness (QED) is 0.624. The maximum atomic E-state index is 13.1. The molecule has 0 saturated heterocycles. The first-order valence-corrected chi connectivity index (χ1v) is 3.45. The maximum absolute atomic E-state index is 13.1. The van der Waals surface area contributed by atoms with Gasteiger partial charge in [0.15, 0.2) is 0 Å². The van der Waals surface area contributed by atoms with Crippen molar-refractivity contribution in [1.29, 1.82) is 0 Å². The van der Waals surface area contributed by atoms with Crippen LogP contribution in [0.2, 0.25) is 0 Å². The van der Waals surface area contributed by atoms with Gasteiger partial charge in [0, 0.05) is 6.04 Å². The van der Waals surface area contributed by atoms with Crippen LogP contribution in [0.4, 0.5) is 4.39 Å². The lowest BCUT2D eigenvalue weighted by molar-refractivity contribution is 0.143. The summed E-state index contributed by atoms with van der Waals surface area (Å²) in [4.78, 5) is 0. The summed E-state index contributed by atoms with van der Waals surface area (Å²) >= 11 is 0. The zero-order valence-electron chi connectivity index (χ0n) is 6.45. The molecule has 2 N–H and O–H groups in total. The van der Waals surface area contributed by atoms with Crippen molar-refractivity contribution in [3.63, 3.8) is 0 Å². The maximum Gasteiger partial charge on any atom is 0.123 e. The summed E-state index contributed by atoms with van der Waals surface area (Å²) < 4.78 is 13.1. The van der Waals surface area contributed by atoms with E-state index in [0.29, 0.717) is 6.42 Å². The molecular formula is C7H16FN. The Morgan fingerprint density at radius 3 is 2.22 bits per heavy atom. The normalized spacial score (nSPS) is 21.0. The number of hydrogen-bond acceptors (Lipinski definition) is 1. The summed E-state index contributed by atoms with van der Waals surface area (Å²) in [6, 6.07) is -0.350. The first-order valence-electron chi connectivity index (χ1n) is 3.45. The van der Waals surface area contributed by atoms with Crippen LogP contribution in [-0.4, -0.2) is 11.7 Å². The molecular weight excluding hydrogens is 117 g/mol. The van der Waals surface area contributed by atoms with Crippen molar-refractivity contribution >= 4 is 0 Å². The van der Waals surface area contributed by atoms with Crippen LogP contribution >= 0.6 is 0 Å². The van der Waals surface area contributed by atoms with Crippen molar-refractivity contribution in [3.05, 3.63) is 0 Å². The zero-order valence-corrected chi connectivity index (χ0v) is 6.45. The molecule has 0 radical (unpaired) electrons. The Hall–Kier alpha value is -0.110. The van der Waals surface area contributed by atoms with E-state index in [1.165, 1.54) is 0 Å². The molecule has 0 rings (SSSR count). The van der Waals surface area contributed by atoms with E-state index < -0.39 is 5.67 Å². The average molecular weight is 133 g/mol. The molecule has 0 amide bonds. The summed E-state index contributed by atoms with van der Waals surface area (Å²) in [5.41, 5.74) is 4.21. The predicted molar refractivity (Wildman–Crippen MR) is 38.1 cm³/mol. The highest BCUT2D eigenvalue weighted by atomic mass is 19.1. The van der Waals surface area contributed by atoms with E-state index in [2.05, 4.69) is 0 Å². The molecule has 0 heterocycles. The molecule has 56 valence electrons. The molecule has 0 aliphatic heterocycles. The van der Waals surface area contributed by atoms with Gasteiger partial charge in [0.05, 0.1) is 0 Å². The highest BCUT2D eigenvalue weighted by Crippen LogP contribution is 2.19. The van der Waals surface area contributed by atoms with Gasteiger partial charge in [-0.2, -0.15) is 0 Å². The van der Waals surface area contributed by atoms with E-state index in [1.807, 2.05) is 6.92 Å². The second-order valence-corrected chi connectivity index (χ2v) is 2.82. The van der Waals surface area contributed by atoms with Gasteiger partial charge in [-0.3, -0.25) is 0 Å². The van der Waals surface area contributed by atoms with Gasteiger partial charge in [0.25, 0.3) is 0 Å². The standard InChI is InChI=1S/C7H16FN/c1-4-5-7(3,8)6(2)9/h6H,4-5,9H2,1-3H3. The van der Waals surface area contributed by atoms with Crippen molar-refractivity contribution in [2.45, 2.75) is 45.3 Å². The highest BCUT2D eigenvalue weighted by molar-refractivity contribution is 4.81. The molecule has 0 spiro atoms. The molecule has 0 aromatic carbocycles. The van der Waals surface area contributed by atoms with E-state index in [0.717, 1.165) is 6.42 Å². The van der Waals surface area contributed by atoms with Crippen molar-refractivity contribution in [1.82, 2.24) is 0 Å². The molecule has 0 fully saturated rings. The SMILES string of the molecule is CCCC(C)(F)C(C)N. The smallest absolute Gasteiger partial charge is 0.123 e. The lowest BCUT2D eigenvalue weighted by Crippen LogP contribution is -2.39. The number of rotatable bonds is 3. The predicted octanol–water partition coefficient (Wildman–Crippen LogP) is 1.86. The van der Waals surface area contributed by atoms with Crippen LogP contribution in [0.3, 0.4) is 0 Å². The van der Waals surface area contributed by atoms with E-state index >= 15 is 0 Å². The van der Waals surface area contributed by atoms with Gasteiger partial charge < -0.3 is 5.73 Å². The third-order valence-electron chi connectivity index (χ3n) is 1.69. The third kappa shape index (κ3) is 2.80. The summed E-state index contributed by atoms with van der Waals surface area (Å²) in [6.07, 6.45) is 1.42. The number of hydrogen-bond donors (Lipinski definition) is 1. The largest absolute Gasteiger partial charge is 0.325 e. The lowest BCUT2D eigenvalue weighted by atomic mass is 9.96. The summed E-state index contributed by atoms with van der Waals surface area (Å²) in [5, 5.41) is 0. The van der Waals surface area contributed by atoms with Crippen LogP contribution < -0.4 is 5.73 Å². The summed E-state index contributed by atoms with van der Waals surface area (Å²) in [5.74, 6) is 0. The van der Waals surface area contributed by atoms with Gasteiger partial charge >= 0.3 is 0 Å². The monoisotopic (exact) mass is 133 g/mol. The molecule has 0 aromatic rings. The van der Waals surface area contributed by atoms with Crippen LogP contribution in [0.15, 0.2) is 0 Å². The molecule has 2 heteroatoms. The van der Waals surface area contributed by atoms with Gasteiger partial charge in [-0.25, -0.2) is 4.39 Å². The molecule has 1 nitrogen and oxygen atoms in total. The molecule has 0 bridgehead atoms. The Balaban J connectivity index is 3.70. The van der Waals surface area contributed by atoms with Crippen molar-refractivity contribution in [3.8, 4) is 0 Å². The average Bonchev–Trinajstić information content (AvgIpc) is 1.65. The molecule has 2 atom stereocenters. The Morgan fingerprint density at radius 1 is 1.67 bits per heavy atom. The summed E-state index contributed by atoms with van der Waals surface area (Å²) in [7, 11) is 0. The van der Waals surface area contributed by atoms with Gasteiger partial charge in [-0.15, -0.1) is 0 Å². The zero-order chi connectivity index (χ0) is 7.49. The second-order valence-electron chi connectivity index (χ2n) is 2.82. The van der Waals surface area contributed by atoms with Crippen LogP contribution in [0.25, 0.3) is 0 Å². The minimum atomic E-state index is -1.17. The van der Waals surface area contributed by atoms with E-state index in [1.54, 1.807) is 13.8 Å².